The van der Waals surface area contributed by atoms with Crippen LogP contribution in [0.1, 0.15) is 27.2 Å². The summed E-state index contributed by atoms with van der Waals surface area (Å²) >= 11 is 0. The first-order chi connectivity index (χ1) is 4.72. The molecule has 0 unspecified atom stereocenters. The molecule has 1 aliphatic heterocycles. The summed E-state index contributed by atoms with van der Waals surface area (Å²) in [4.78, 5) is 0. The Hall–Kier alpha value is -0.720. The molecule has 1 heteroatoms. The molecule has 10 heavy (non-hydrogen) atoms. The van der Waals surface area contributed by atoms with Gasteiger partial charge in [-0.3, -0.25) is 0 Å². The molecule has 1 N–H and O–H groups in total. The van der Waals surface area contributed by atoms with Crippen molar-refractivity contribution in [3.8, 4) is 0 Å². The van der Waals surface area contributed by atoms with E-state index in [9.17, 15) is 0 Å². The Morgan fingerprint density at radius 2 is 2.00 bits per heavy atom. The third-order valence-electron chi connectivity index (χ3n) is 2.14. The van der Waals surface area contributed by atoms with Crippen LogP contribution in [0.4, 0.5) is 0 Å². The minimum atomic E-state index is 1.08. The van der Waals surface area contributed by atoms with Crippen molar-refractivity contribution in [2.45, 2.75) is 27.2 Å². The standard InChI is InChI=1S/C9H15N/c1-7-5-4-6-10-9(3)8(7)2/h5,10H,4,6H2,1-3H3. The van der Waals surface area contributed by atoms with Crippen molar-refractivity contribution in [2.75, 3.05) is 6.54 Å². The fraction of sp³-hybridized carbons (Fsp3) is 0.556. The van der Waals surface area contributed by atoms with Gasteiger partial charge in [-0.05, 0) is 32.8 Å². The molecule has 0 saturated heterocycles. The van der Waals surface area contributed by atoms with Crippen molar-refractivity contribution in [1.82, 2.24) is 5.32 Å². The first kappa shape index (κ1) is 7.39. The number of allylic oxidation sites excluding steroid dienone is 3. The van der Waals surface area contributed by atoms with E-state index >= 15 is 0 Å². The van der Waals surface area contributed by atoms with Gasteiger partial charge in [0.05, 0.1) is 0 Å². The first-order valence-corrected chi connectivity index (χ1v) is 3.80. The van der Waals surface area contributed by atoms with Crippen LogP contribution in [-0.2, 0) is 0 Å². The first-order valence-electron chi connectivity index (χ1n) is 3.80. The summed E-state index contributed by atoms with van der Waals surface area (Å²) in [5, 5.41) is 3.35. The van der Waals surface area contributed by atoms with E-state index in [4.69, 9.17) is 0 Å². The lowest BCUT2D eigenvalue weighted by atomic mass is 10.1. The Morgan fingerprint density at radius 1 is 1.30 bits per heavy atom. The van der Waals surface area contributed by atoms with Crippen LogP contribution in [0.3, 0.4) is 0 Å². The molecule has 0 amide bonds. The Bertz CT molecular complexity index is 187. The van der Waals surface area contributed by atoms with Crippen LogP contribution < -0.4 is 5.32 Å². The third-order valence-corrected chi connectivity index (χ3v) is 2.14. The molecule has 1 aliphatic rings. The molecule has 0 spiro atoms. The smallest absolute Gasteiger partial charge is 0.0178 e. The molecule has 1 rings (SSSR count). The Morgan fingerprint density at radius 3 is 2.70 bits per heavy atom. The van der Waals surface area contributed by atoms with Gasteiger partial charge in [0.25, 0.3) is 0 Å². The van der Waals surface area contributed by atoms with Gasteiger partial charge in [-0.2, -0.15) is 0 Å². The molecule has 0 aromatic carbocycles. The second-order valence-corrected chi connectivity index (χ2v) is 2.85. The van der Waals surface area contributed by atoms with Crippen molar-refractivity contribution >= 4 is 0 Å². The fourth-order valence-electron chi connectivity index (χ4n) is 1.13. The monoisotopic (exact) mass is 137 g/mol. The van der Waals surface area contributed by atoms with E-state index in [1.165, 1.54) is 16.8 Å². The van der Waals surface area contributed by atoms with E-state index in [-0.39, 0.29) is 0 Å². The minimum Gasteiger partial charge on any atom is -0.388 e. The summed E-state index contributed by atoms with van der Waals surface area (Å²) in [6.07, 6.45) is 3.44. The largest absolute Gasteiger partial charge is 0.388 e. The summed E-state index contributed by atoms with van der Waals surface area (Å²) in [7, 11) is 0. The topological polar surface area (TPSA) is 12.0 Å². The van der Waals surface area contributed by atoms with Gasteiger partial charge in [0.2, 0.25) is 0 Å². The van der Waals surface area contributed by atoms with E-state index in [1.807, 2.05) is 0 Å². The van der Waals surface area contributed by atoms with Crippen LogP contribution in [0, 0.1) is 0 Å². The Labute approximate surface area is 62.8 Å². The number of nitrogens with one attached hydrogen (secondary N) is 1. The van der Waals surface area contributed by atoms with E-state index in [1.54, 1.807) is 0 Å². The van der Waals surface area contributed by atoms with Crippen LogP contribution in [0.2, 0.25) is 0 Å². The van der Waals surface area contributed by atoms with E-state index in [0.29, 0.717) is 0 Å². The second-order valence-electron chi connectivity index (χ2n) is 2.85. The lowest BCUT2D eigenvalue weighted by Crippen LogP contribution is -2.11. The highest BCUT2D eigenvalue weighted by Crippen LogP contribution is 2.14. The van der Waals surface area contributed by atoms with Crippen molar-refractivity contribution in [3.05, 3.63) is 22.9 Å². The highest BCUT2D eigenvalue weighted by atomic mass is 14.9. The van der Waals surface area contributed by atoms with Gasteiger partial charge in [-0.15, -0.1) is 0 Å². The SMILES string of the molecule is CC1=CCCNC(C)=C1C. The highest BCUT2D eigenvalue weighted by molar-refractivity contribution is 5.31. The Balaban J connectivity index is 2.88. The second kappa shape index (κ2) is 2.91. The molecular formula is C9H15N. The molecule has 0 atom stereocenters. The molecule has 0 aromatic rings. The molecule has 0 saturated carbocycles. The molecule has 0 aliphatic carbocycles. The maximum absolute atomic E-state index is 3.35. The molecule has 0 radical (unpaired) electrons. The maximum atomic E-state index is 3.35. The molecule has 0 aromatic heterocycles. The minimum absolute atomic E-state index is 1.08. The van der Waals surface area contributed by atoms with Gasteiger partial charge in [-0.25, -0.2) is 0 Å². The normalized spacial score (nSPS) is 19.7. The summed E-state index contributed by atoms with van der Waals surface area (Å²) < 4.78 is 0. The van der Waals surface area contributed by atoms with Crippen molar-refractivity contribution < 1.29 is 0 Å². The van der Waals surface area contributed by atoms with Crippen molar-refractivity contribution in [2.24, 2.45) is 0 Å². The molecular weight excluding hydrogens is 122 g/mol. The van der Waals surface area contributed by atoms with Crippen LogP contribution in [-0.4, -0.2) is 6.54 Å². The number of hydrogen-bond acceptors (Lipinski definition) is 1. The molecule has 1 nitrogen and oxygen atoms in total. The van der Waals surface area contributed by atoms with Crippen LogP contribution >= 0.6 is 0 Å². The van der Waals surface area contributed by atoms with Gasteiger partial charge in [-0.1, -0.05) is 11.6 Å². The van der Waals surface area contributed by atoms with Gasteiger partial charge in [0, 0.05) is 12.2 Å². The lowest BCUT2D eigenvalue weighted by Gasteiger charge is -2.05. The molecule has 56 valence electrons. The van der Waals surface area contributed by atoms with Crippen LogP contribution in [0.25, 0.3) is 0 Å². The summed E-state index contributed by atoms with van der Waals surface area (Å²) in [5.41, 5.74) is 4.14. The predicted octanol–water partition coefficient (Wildman–Crippen LogP) is 2.22. The average Bonchev–Trinajstić information content (AvgIpc) is 2.04. The molecule has 0 fully saturated rings. The third kappa shape index (κ3) is 1.41. The Kier molecular flexibility index (Phi) is 2.15. The zero-order valence-corrected chi connectivity index (χ0v) is 6.99. The zero-order chi connectivity index (χ0) is 7.56. The quantitative estimate of drug-likeness (QED) is 0.540. The maximum Gasteiger partial charge on any atom is 0.0178 e. The van der Waals surface area contributed by atoms with Crippen LogP contribution in [0.5, 0.6) is 0 Å². The average molecular weight is 137 g/mol. The highest BCUT2D eigenvalue weighted by Gasteiger charge is 2.01. The fourth-order valence-corrected chi connectivity index (χ4v) is 1.13. The molecule has 0 bridgehead atoms. The van der Waals surface area contributed by atoms with E-state index < -0.39 is 0 Å². The van der Waals surface area contributed by atoms with E-state index in [2.05, 4.69) is 32.2 Å². The number of rotatable bonds is 0. The van der Waals surface area contributed by atoms with Gasteiger partial charge in [0.15, 0.2) is 0 Å². The molecule has 1 heterocycles. The summed E-state index contributed by atoms with van der Waals surface area (Å²) in [5.74, 6) is 0. The summed E-state index contributed by atoms with van der Waals surface area (Å²) in [6.45, 7) is 7.56. The van der Waals surface area contributed by atoms with Gasteiger partial charge >= 0.3 is 0 Å². The van der Waals surface area contributed by atoms with Gasteiger partial charge < -0.3 is 5.32 Å². The van der Waals surface area contributed by atoms with Crippen LogP contribution in [0.15, 0.2) is 22.9 Å². The number of hydrogen-bond donors (Lipinski definition) is 1. The van der Waals surface area contributed by atoms with Crippen molar-refractivity contribution in [1.29, 1.82) is 0 Å². The lowest BCUT2D eigenvalue weighted by molar-refractivity contribution is 0.806. The zero-order valence-electron chi connectivity index (χ0n) is 6.99. The van der Waals surface area contributed by atoms with Crippen molar-refractivity contribution in [3.63, 3.8) is 0 Å². The predicted molar refractivity (Wildman–Crippen MR) is 44.8 cm³/mol. The van der Waals surface area contributed by atoms with Gasteiger partial charge in [0.1, 0.15) is 0 Å². The van der Waals surface area contributed by atoms with E-state index in [0.717, 1.165) is 13.0 Å². The summed E-state index contributed by atoms with van der Waals surface area (Å²) in [6, 6.07) is 0.